The standard InChI is InChI=1S/C42H50N2O8/c1-9-11-51-39-29-14-27-19-33(41(3,4)5)17-25(37(27)45)13-26-18-34(42(6,7)8)20-28(38(26)46)15-30-22-36(44(49)50)24-32(40(30)52-12-10-2)16-31(39)23-35(21-29)43(47)48/h17-24,45-46H,9-16H2,1-8H3. The molecule has 0 saturated carbocycles. The van der Waals surface area contributed by atoms with Gasteiger partial charge in [-0.15, -0.1) is 0 Å². The van der Waals surface area contributed by atoms with Gasteiger partial charge in [0.25, 0.3) is 11.4 Å². The van der Waals surface area contributed by atoms with Crippen molar-refractivity contribution in [1.82, 2.24) is 0 Å². The normalized spacial score (nSPS) is 13.1. The molecule has 0 unspecified atom stereocenters. The van der Waals surface area contributed by atoms with Crippen LogP contribution in [0.2, 0.25) is 0 Å². The summed E-state index contributed by atoms with van der Waals surface area (Å²) in [6.07, 6.45) is 1.83. The Hall–Kier alpha value is -5.12. The highest BCUT2D eigenvalue weighted by Gasteiger charge is 2.28. The molecule has 0 amide bonds. The van der Waals surface area contributed by atoms with E-state index >= 15 is 0 Å². The summed E-state index contributed by atoms with van der Waals surface area (Å²) in [5.74, 6) is 0.975. The minimum absolute atomic E-state index is 0.0416. The molecule has 52 heavy (non-hydrogen) atoms. The largest absolute Gasteiger partial charge is 0.507 e. The molecule has 0 fully saturated rings. The lowest BCUT2D eigenvalue weighted by Gasteiger charge is -2.25. The summed E-state index contributed by atoms with van der Waals surface area (Å²) in [6.45, 7) is 17.1. The summed E-state index contributed by atoms with van der Waals surface area (Å²) in [5, 5.41) is 48.7. The van der Waals surface area contributed by atoms with Gasteiger partial charge in [0.2, 0.25) is 0 Å². The van der Waals surface area contributed by atoms with E-state index in [-0.39, 0.29) is 59.4 Å². The van der Waals surface area contributed by atoms with Crippen molar-refractivity contribution < 1.29 is 29.5 Å². The zero-order valence-electron chi connectivity index (χ0n) is 31.5. The maximum absolute atomic E-state index is 12.4. The lowest BCUT2D eigenvalue weighted by molar-refractivity contribution is -0.385. The van der Waals surface area contributed by atoms with E-state index in [4.69, 9.17) is 9.47 Å². The average Bonchev–Trinajstić information content (AvgIpc) is 3.05. The summed E-state index contributed by atoms with van der Waals surface area (Å²) < 4.78 is 12.7. The van der Waals surface area contributed by atoms with E-state index in [9.17, 15) is 30.4 Å². The van der Waals surface area contributed by atoms with Gasteiger partial charge in [-0.05, 0) is 57.1 Å². The third kappa shape index (κ3) is 8.16. The summed E-state index contributed by atoms with van der Waals surface area (Å²) >= 11 is 0. The highest BCUT2D eigenvalue weighted by molar-refractivity contribution is 5.61. The third-order valence-corrected chi connectivity index (χ3v) is 9.57. The number of hydrogen-bond donors (Lipinski definition) is 2. The number of non-ortho nitro benzene ring substituents is 2. The lowest BCUT2D eigenvalue weighted by atomic mass is 9.81. The SMILES string of the molecule is CCCOc1c2cc([N+](=O)[O-])cc1Cc1cc([N+](=O)[O-])cc(c1OCCC)Cc1cc(C(C)(C)C)cc(c1O)Cc1cc(C(C)(C)C)cc(c1O)C2. The van der Waals surface area contributed by atoms with Gasteiger partial charge < -0.3 is 19.7 Å². The molecule has 4 aromatic rings. The number of benzene rings is 4. The molecule has 1 aliphatic rings. The molecule has 10 nitrogen and oxygen atoms in total. The molecular formula is C42H50N2O8. The molecule has 8 bridgehead atoms. The van der Waals surface area contributed by atoms with Crippen molar-refractivity contribution >= 4 is 11.4 Å². The molecule has 276 valence electrons. The van der Waals surface area contributed by atoms with E-state index in [1.807, 2.05) is 38.1 Å². The van der Waals surface area contributed by atoms with Crippen LogP contribution >= 0.6 is 0 Å². The molecular weight excluding hydrogens is 660 g/mol. The average molecular weight is 711 g/mol. The van der Waals surface area contributed by atoms with E-state index in [1.54, 1.807) is 0 Å². The molecule has 0 aromatic heterocycles. The molecule has 4 aromatic carbocycles. The Bertz CT molecular complexity index is 1880. The maximum Gasteiger partial charge on any atom is 0.270 e. The number of aromatic hydroxyl groups is 2. The summed E-state index contributed by atoms with van der Waals surface area (Å²) in [7, 11) is 0. The Labute approximate surface area is 305 Å². The number of ether oxygens (including phenoxy) is 2. The molecule has 0 radical (unpaired) electrons. The first-order valence-corrected chi connectivity index (χ1v) is 18.0. The zero-order valence-corrected chi connectivity index (χ0v) is 31.5. The van der Waals surface area contributed by atoms with E-state index in [1.165, 1.54) is 24.3 Å². The number of nitro groups is 2. The van der Waals surface area contributed by atoms with E-state index in [2.05, 4.69) is 41.5 Å². The van der Waals surface area contributed by atoms with Crippen LogP contribution < -0.4 is 9.47 Å². The second-order valence-corrected chi connectivity index (χ2v) is 15.9. The van der Waals surface area contributed by atoms with Crippen molar-refractivity contribution in [2.75, 3.05) is 13.2 Å². The first-order valence-electron chi connectivity index (χ1n) is 18.0. The van der Waals surface area contributed by atoms with Gasteiger partial charge in [-0.1, -0.05) is 79.7 Å². The molecule has 0 aliphatic heterocycles. The summed E-state index contributed by atoms with van der Waals surface area (Å²) in [4.78, 5) is 23.9. The number of nitro benzene ring substituents is 2. The van der Waals surface area contributed by atoms with Crippen LogP contribution in [0.1, 0.15) is 124 Å². The first kappa shape index (κ1) is 38.1. The topological polar surface area (TPSA) is 145 Å². The monoisotopic (exact) mass is 710 g/mol. The highest BCUT2D eigenvalue weighted by Crippen LogP contribution is 2.43. The van der Waals surface area contributed by atoms with E-state index in [0.29, 0.717) is 82.1 Å². The first-order chi connectivity index (χ1) is 24.4. The van der Waals surface area contributed by atoms with Crippen molar-refractivity contribution in [3.8, 4) is 23.0 Å². The van der Waals surface area contributed by atoms with E-state index < -0.39 is 9.85 Å². The Morgan fingerprint density at radius 1 is 0.538 bits per heavy atom. The predicted molar refractivity (Wildman–Crippen MR) is 203 cm³/mol. The highest BCUT2D eigenvalue weighted by atomic mass is 16.6. The maximum atomic E-state index is 12.4. The van der Waals surface area contributed by atoms with Gasteiger partial charge in [0, 0.05) is 72.2 Å². The van der Waals surface area contributed by atoms with Crippen molar-refractivity contribution in [2.24, 2.45) is 0 Å². The van der Waals surface area contributed by atoms with Crippen molar-refractivity contribution in [3.05, 3.63) is 124 Å². The van der Waals surface area contributed by atoms with Gasteiger partial charge in [-0.2, -0.15) is 0 Å². The molecule has 10 heteroatoms. The molecule has 1 aliphatic carbocycles. The Balaban J connectivity index is 1.93. The molecule has 2 N–H and O–H groups in total. The van der Waals surface area contributed by atoms with Crippen molar-refractivity contribution in [2.45, 2.75) is 105 Å². The Kier molecular flexibility index (Phi) is 10.9. The van der Waals surface area contributed by atoms with Gasteiger partial charge in [0.15, 0.2) is 0 Å². The van der Waals surface area contributed by atoms with Crippen LogP contribution in [0.15, 0.2) is 48.5 Å². The second-order valence-electron chi connectivity index (χ2n) is 15.9. The van der Waals surface area contributed by atoms with Gasteiger partial charge in [0.05, 0.1) is 23.1 Å². The molecule has 0 heterocycles. The van der Waals surface area contributed by atoms with Crippen LogP contribution in [-0.2, 0) is 36.5 Å². The fraction of sp³-hybridized carbons (Fsp3) is 0.429. The number of fused-ring (bicyclic) bond motifs is 8. The quantitative estimate of drug-likeness (QED) is 0.120. The van der Waals surface area contributed by atoms with Gasteiger partial charge in [-0.25, -0.2) is 0 Å². The number of rotatable bonds is 8. The van der Waals surface area contributed by atoms with Crippen LogP contribution in [0.5, 0.6) is 23.0 Å². The van der Waals surface area contributed by atoms with E-state index in [0.717, 1.165) is 11.1 Å². The lowest BCUT2D eigenvalue weighted by Crippen LogP contribution is -2.14. The fourth-order valence-corrected chi connectivity index (χ4v) is 6.73. The third-order valence-electron chi connectivity index (χ3n) is 9.57. The van der Waals surface area contributed by atoms with Crippen LogP contribution in [0.3, 0.4) is 0 Å². The summed E-state index contributed by atoms with van der Waals surface area (Å²) in [5.41, 5.74) is 5.33. The molecule has 0 spiro atoms. The van der Waals surface area contributed by atoms with Crippen LogP contribution in [0, 0.1) is 20.2 Å². The van der Waals surface area contributed by atoms with Crippen LogP contribution in [0.4, 0.5) is 11.4 Å². The number of phenolic OH excluding ortho intramolecular Hbond substituents is 2. The van der Waals surface area contributed by atoms with Crippen molar-refractivity contribution in [3.63, 3.8) is 0 Å². The molecule has 5 rings (SSSR count). The molecule has 0 saturated heterocycles. The second kappa shape index (κ2) is 14.9. The minimum Gasteiger partial charge on any atom is -0.507 e. The smallest absolute Gasteiger partial charge is 0.270 e. The van der Waals surface area contributed by atoms with Gasteiger partial charge in [0.1, 0.15) is 23.0 Å². The van der Waals surface area contributed by atoms with Gasteiger partial charge >= 0.3 is 0 Å². The predicted octanol–water partition coefficient (Wildman–Crippen LogP) is 9.76. The number of nitrogens with zero attached hydrogens (tertiary/aromatic N) is 2. The fourth-order valence-electron chi connectivity index (χ4n) is 6.73. The van der Waals surface area contributed by atoms with Crippen molar-refractivity contribution in [1.29, 1.82) is 0 Å². The van der Waals surface area contributed by atoms with Crippen LogP contribution in [-0.4, -0.2) is 33.3 Å². The summed E-state index contributed by atoms with van der Waals surface area (Å²) in [6, 6.07) is 13.7. The van der Waals surface area contributed by atoms with Crippen LogP contribution in [0.25, 0.3) is 0 Å². The Morgan fingerprint density at radius 2 is 0.808 bits per heavy atom. The Morgan fingerprint density at radius 3 is 1.06 bits per heavy atom. The number of hydrogen-bond acceptors (Lipinski definition) is 8. The van der Waals surface area contributed by atoms with Gasteiger partial charge in [-0.3, -0.25) is 20.2 Å². The minimum atomic E-state index is -0.457. The zero-order chi connectivity index (χ0) is 38.1. The molecule has 0 atom stereocenters. The number of phenols is 2.